The molecule has 3 N–H and O–H groups in total. The molecule has 0 atom stereocenters. The van der Waals surface area contributed by atoms with Crippen LogP contribution in [0.25, 0.3) is 0 Å². The largest absolute Gasteiger partial charge is 0.497 e. The molecule has 0 bridgehead atoms. The quantitative estimate of drug-likeness (QED) is 0.241. The molecule has 0 aliphatic rings. The Morgan fingerprint density at radius 3 is 1.90 bits per heavy atom. The molecule has 0 aliphatic heterocycles. The first-order valence-corrected chi connectivity index (χ1v) is 14.5. The molecule has 0 unspecified atom stereocenters. The Morgan fingerprint density at radius 1 is 0.744 bits per heavy atom. The lowest BCUT2D eigenvalue weighted by atomic mass is 10.2. The number of hydrogen-bond acceptors (Lipinski definition) is 6. The van der Waals surface area contributed by atoms with Crippen LogP contribution in [0.15, 0.2) is 101 Å². The summed E-state index contributed by atoms with van der Waals surface area (Å²) in [6, 6.07) is 20.0. The minimum atomic E-state index is -4.14. The van der Waals surface area contributed by atoms with Crippen LogP contribution in [-0.4, -0.2) is 29.9 Å². The average Bonchev–Trinajstić information content (AvgIpc) is 2.90. The zero-order chi connectivity index (χ0) is 28.2. The van der Waals surface area contributed by atoms with E-state index in [2.05, 4.69) is 14.8 Å². The number of rotatable bonds is 9. The number of anilines is 3. The van der Waals surface area contributed by atoms with Crippen LogP contribution < -0.4 is 19.5 Å². The number of nitrogens with one attached hydrogen (secondary N) is 3. The monoisotopic (exact) mass is 589 g/mol. The summed E-state index contributed by atoms with van der Waals surface area (Å²) in [4.78, 5) is 12.6. The molecule has 4 rings (SSSR count). The molecule has 202 valence electrons. The van der Waals surface area contributed by atoms with Gasteiger partial charge in [0.25, 0.3) is 26.0 Å². The molecule has 1 amide bonds. The van der Waals surface area contributed by atoms with E-state index >= 15 is 0 Å². The second kappa shape index (κ2) is 11.3. The molecule has 0 radical (unpaired) electrons. The average molecular weight is 590 g/mol. The highest BCUT2D eigenvalue weighted by Crippen LogP contribution is 2.25. The van der Waals surface area contributed by atoms with Gasteiger partial charge >= 0.3 is 0 Å². The summed E-state index contributed by atoms with van der Waals surface area (Å²) in [6.07, 6.45) is 0. The fourth-order valence-corrected chi connectivity index (χ4v) is 5.78. The highest BCUT2D eigenvalue weighted by Gasteiger charge is 2.20. The molecule has 0 heterocycles. The van der Waals surface area contributed by atoms with Crippen molar-refractivity contribution < 1.29 is 30.8 Å². The molecular weight excluding hydrogens is 569 g/mol. The third kappa shape index (κ3) is 6.85. The van der Waals surface area contributed by atoms with Gasteiger partial charge in [-0.15, -0.1) is 0 Å². The van der Waals surface area contributed by atoms with Gasteiger partial charge in [0.2, 0.25) is 0 Å². The van der Waals surface area contributed by atoms with Gasteiger partial charge in [-0.05, 0) is 84.9 Å². The van der Waals surface area contributed by atoms with E-state index in [4.69, 9.17) is 16.3 Å². The zero-order valence-electron chi connectivity index (χ0n) is 20.2. The van der Waals surface area contributed by atoms with Gasteiger partial charge < -0.3 is 10.1 Å². The SMILES string of the molecule is COc1ccc(NS(=O)(=O)c2cccc(NC(=O)c3cc(S(=O)(=O)Nc4ccc(F)cc4)ccc3Cl)c2)cc1. The Kier molecular flexibility index (Phi) is 8.09. The first kappa shape index (κ1) is 27.9. The fraction of sp³-hybridized carbons (Fsp3) is 0.0385. The maximum absolute atomic E-state index is 13.1. The zero-order valence-corrected chi connectivity index (χ0v) is 22.6. The van der Waals surface area contributed by atoms with Crippen LogP contribution in [0.3, 0.4) is 0 Å². The van der Waals surface area contributed by atoms with Crippen LogP contribution in [0.2, 0.25) is 5.02 Å². The highest BCUT2D eigenvalue weighted by atomic mass is 35.5. The standard InChI is InChI=1S/C26H21ClFN3O6S2/c1-37-21-11-9-19(10-12-21)31-38(33,34)22-4-2-3-20(15-22)29-26(32)24-16-23(13-14-25(24)27)39(35,36)30-18-7-5-17(28)6-8-18/h2-16,30-31H,1H3,(H,29,32). The molecule has 0 saturated heterocycles. The Bertz CT molecular complexity index is 1730. The Labute approximate surface area is 229 Å². The minimum absolute atomic E-state index is 0.0295. The number of methoxy groups -OCH3 is 1. The number of ether oxygens (including phenoxy) is 1. The number of carbonyl (C=O) groups is 1. The first-order chi connectivity index (χ1) is 18.5. The second-order valence-electron chi connectivity index (χ2n) is 8.07. The molecular formula is C26H21ClFN3O6S2. The molecule has 0 saturated carbocycles. The smallest absolute Gasteiger partial charge is 0.261 e. The van der Waals surface area contributed by atoms with Crippen molar-refractivity contribution in [2.75, 3.05) is 21.9 Å². The Morgan fingerprint density at radius 2 is 1.31 bits per heavy atom. The number of halogens is 2. The number of hydrogen-bond donors (Lipinski definition) is 3. The van der Waals surface area contributed by atoms with E-state index in [0.717, 1.165) is 18.2 Å². The Balaban J connectivity index is 1.53. The molecule has 4 aromatic rings. The van der Waals surface area contributed by atoms with Gasteiger partial charge in [0.05, 0.1) is 27.5 Å². The van der Waals surface area contributed by atoms with Crippen molar-refractivity contribution in [2.45, 2.75) is 9.79 Å². The third-order valence-electron chi connectivity index (χ3n) is 5.33. The van der Waals surface area contributed by atoms with E-state index in [1.807, 2.05) is 0 Å². The molecule has 0 spiro atoms. The van der Waals surface area contributed by atoms with Crippen molar-refractivity contribution in [3.8, 4) is 5.75 Å². The fourth-order valence-electron chi connectivity index (χ4n) is 3.39. The van der Waals surface area contributed by atoms with Gasteiger partial charge in [-0.2, -0.15) is 0 Å². The first-order valence-electron chi connectivity index (χ1n) is 11.1. The lowest BCUT2D eigenvalue weighted by molar-refractivity contribution is 0.102. The van der Waals surface area contributed by atoms with Crippen molar-refractivity contribution in [3.63, 3.8) is 0 Å². The number of benzene rings is 4. The topological polar surface area (TPSA) is 131 Å². The van der Waals surface area contributed by atoms with Crippen molar-refractivity contribution in [3.05, 3.63) is 107 Å². The maximum atomic E-state index is 13.1. The second-order valence-corrected chi connectivity index (χ2v) is 11.8. The van der Waals surface area contributed by atoms with Crippen LogP contribution >= 0.6 is 11.6 Å². The molecule has 0 aliphatic carbocycles. The lowest BCUT2D eigenvalue weighted by Gasteiger charge is -2.12. The molecule has 13 heteroatoms. The van der Waals surface area contributed by atoms with Crippen molar-refractivity contribution >= 4 is 54.6 Å². The van der Waals surface area contributed by atoms with Crippen molar-refractivity contribution in [1.82, 2.24) is 0 Å². The van der Waals surface area contributed by atoms with E-state index in [1.54, 1.807) is 12.1 Å². The van der Waals surface area contributed by atoms with Crippen LogP contribution in [0.1, 0.15) is 10.4 Å². The third-order valence-corrected chi connectivity index (χ3v) is 8.42. The summed E-state index contributed by atoms with van der Waals surface area (Å²) in [5.74, 6) is -0.738. The Hall–Kier alpha value is -4.13. The van der Waals surface area contributed by atoms with Crippen LogP contribution in [0.4, 0.5) is 21.5 Å². The molecule has 39 heavy (non-hydrogen) atoms. The van der Waals surface area contributed by atoms with E-state index < -0.39 is 31.8 Å². The molecule has 0 fully saturated rings. The summed E-state index contributed by atoms with van der Waals surface area (Å²) in [7, 11) is -6.65. The lowest BCUT2D eigenvalue weighted by Crippen LogP contribution is -2.17. The summed E-state index contributed by atoms with van der Waals surface area (Å²) in [6.45, 7) is 0. The number of sulfonamides is 2. The van der Waals surface area contributed by atoms with E-state index in [0.29, 0.717) is 11.4 Å². The van der Waals surface area contributed by atoms with Crippen LogP contribution in [0.5, 0.6) is 5.75 Å². The highest BCUT2D eigenvalue weighted by molar-refractivity contribution is 7.93. The van der Waals surface area contributed by atoms with E-state index in [9.17, 15) is 26.0 Å². The summed E-state index contributed by atoms with van der Waals surface area (Å²) in [5, 5.41) is 2.51. The summed E-state index contributed by atoms with van der Waals surface area (Å²) < 4.78 is 74.3. The maximum Gasteiger partial charge on any atom is 0.261 e. The molecule has 9 nitrogen and oxygen atoms in total. The minimum Gasteiger partial charge on any atom is -0.497 e. The predicted octanol–water partition coefficient (Wildman–Crippen LogP) is 5.34. The van der Waals surface area contributed by atoms with Crippen LogP contribution in [-0.2, 0) is 20.0 Å². The van der Waals surface area contributed by atoms with Gasteiger partial charge in [0, 0.05) is 17.1 Å². The molecule has 0 aromatic heterocycles. The van der Waals surface area contributed by atoms with Gasteiger partial charge in [0.15, 0.2) is 0 Å². The number of carbonyl (C=O) groups excluding carboxylic acids is 1. The van der Waals surface area contributed by atoms with Gasteiger partial charge in [-0.3, -0.25) is 14.2 Å². The normalized spacial score (nSPS) is 11.5. The van der Waals surface area contributed by atoms with Gasteiger partial charge in [0.1, 0.15) is 11.6 Å². The summed E-state index contributed by atoms with van der Waals surface area (Å²) >= 11 is 6.17. The van der Waals surface area contributed by atoms with Gasteiger partial charge in [-0.1, -0.05) is 17.7 Å². The molecule has 4 aromatic carbocycles. The predicted molar refractivity (Wildman–Crippen MR) is 147 cm³/mol. The van der Waals surface area contributed by atoms with Crippen molar-refractivity contribution in [2.24, 2.45) is 0 Å². The van der Waals surface area contributed by atoms with Crippen LogP contribution in [0, 0.1) is 5.82 Å². The van der Waals surface area contributed by atoms with E-state index in [1.165, 1.54) is 67.8 Å². The van der Waals surface area contributed by atoms with E-state index in [-0.39, 0.29) is 31.8 Å². The summed E-state index contributed by atoms with van der Waals surface area (Å²) in [5.41, 5.74) is 0.401. The van der Waals surface area contributed by atoms with Crippen molar-refractivity contribution in [1.29, 1.82) is 0 Å². The van der Waals surface area contributed by atoms with Gasteiger partial charge in [-0.25, -0.2) is 21.2 Å². The number of amides is 1.